The first-order valence-corrected chi connectivity index (χ1v) is 4.16. The lowest BCUT2D eigenvalue weighted by Gasteiger charge is -2.02. The minimum absolute atomic E-state index is 0.344. The number of carbonyl (C=O) groups excluding carboxylic acids is 1. The van der Waals surface area contributed by atoms with Gasteiger partial charge in [0, 0.05) is 0 Å². The SMILES string of the molecule is COC1=C(Br)C(=O)OC1Br. The molecule has 0 N–H and O–H groups in total. The van der Waals surface area contributed by atoms with E-state index in [9.17, 15) is 4.79 Å². The van der Waals surface area contributed by atoms with Gasteiger partial charge >= 0.3 is 5.97 Å². The minimum atomic E-state index is -0.445. The number of alkyl halides is 1. The van der Waals surface area contributed by atoms with Crippen molar-refractivity contribution in [3.05, 3.63) is 10.2 Å². The smallest absolute Gasteiger partial charge is 0.350 e. The van der Waals surface area contributed by atoms with Crippen LogP contribution in [-0.4, -0.2) is 18.1 Å². The molecule has 0 radical (unpaired) electrons. The van der Waals surface area contributed by atoms with E-state index in [2.05, 4.69) is 31.9 Å². The summed E-state index contributed by atoms with van der Waals surface area (Å²) in [5, 5.41) is -0.445. The summed E-state index contributed by atoms with van der Waals surface area (Å²) in [6.45, 7) is 0. The summed E-state index contributed by atoms with van der Waals surface area (Å²) >= 11 is 6.11. The molecule has 1 aliphatic heterocycles. The van der Waals surface area contributed by atoms with Gasteiger partial charge < -0.3 is 9.47 Å². The number of rotatable bonds is 1. The second-order valence-corrected chi connectivity index (χ2v) is 3.23. The fraction of sp³-hybridized carbons (Fsp3) is 0.400. The van der Waals surface area contributed by atoms with Crippen molar-refractivity contribution in [3.8, 4) is 0 Å². The second kappa shape index (κ2) is 2.92. The van der Waals surface area contributed by atoms with Crippen LogP contribution in [0.3, 0.4) is 0 Å². The van der Waals surface area contributed by atoms with Gasteiger partial charge in [-0.05, 0) is 31.9 Å². The Morgan fingerprint density at radius 1 is 1.70 bits per heavy atom. The summed E-state index contributed by atoms with van der Waals surface area (Å²) in [5.41, 5.74) is 0. The number of cyclic esters (lactones) is 1. The normalized spacial score (nSPS) is 25.1. The quantitative estimate of drug-likeness (QED) is 0.536. The van der Waals surface area contributed by atoms with E-state index >= 15 is 0 Å². The van der Waals surface area contributed by atoms with Crippen LogP contribution < -0.4 is 0 Å². The third-order valence-electron chi connectivity index (χ3n) is 1.03. The van der Waals surface area contributed by atoms with Gasteiger partial charge in [-0.2, -0.15) is 0 Å². The zero-order chi connectivity index (χ0) is 7.72. The molecule has 56 valence electrons. The fourth-order valence-corrected chi connectivity index (χ4v) is 1.94. The van der Waals surface area contributed by atoms with Crippen LogP contribution >= 0.6 is 31.9 Å². The van der Waals surface area contributed by atoms with E-state index in [1.54, 1.807) is 0 Å². The Labute approximate surface area is 74.6 Å². The van der Waals surface area contributed by atoms with Crippen LogP contribution in [0.15, 0.2) is 10.2 Å². The summed E-state index contributed by atoms with van der Waals surface area (Å²) in [7, 11) is 1.48. The van der Waals surface area contributed by atoms with Crippen LogP contribution in [-0.2, 0) is 14.3 Å². The number of esters is 1. The minimum Gasteiger partial charge on any atom is -0.495 e. The second-order valence-electron chi connectivity index (χ2n) is 1.60. The molecule has 0 saturated heterocycles. The Bertz CT molecular complexity index is 199. The highest BCUT2D eigenvalue weighted by Gasteiger charge is 2.31. The van der Waals surface area contributed by atoms with Crippen LogP contribution in [0.4, 0.5) is 0 Å². The van der Waals surface area contributed by atoms with Gasteiger partial charge in [-0.3, -0.25) is 0 Å². The predicted octanol–water partition coefficient (Wildman–Crippen LogP) is 1.52. The van der Waals surface area contributed by atoms with Gasteiger partial charge in [0.1, 0.15) is 4.48 Å². The van der Waals surface area contributed by atoms with Gasteiger partial charge in [0.2, 0.25) is 5.01 Å². The van der Waals surface area contributed by atoms with Gasteiger partial charge in [-0.1, -0.05) is 0 Å². The molecule has 1 atom stereocenters. The molecule has 3 nitrogen and oxygen atoms in total. The summed E-state index contributed by atoms with van der Waals surface area (Å²) in [6.07, 6.45) is 0. The summed E-state index contributed by atoms with van der Waals surface area (Å²) < 4.78 is 9.90. The molecule has 0 amide bonds. The molecule has 1 aliphatic rings. The average molecular weight is 272 g/mol. The molecule has 0 aromatic heterocycles. The number of halogens is 2. The molecule has 0 aromatic carbocycles. The van der Waals surface area contributed by atoms with E-state index in [1.807, 2.05) is 0 Å². The molecular weight excluding hydrogens is 268 g/mol. The highest BCUT2D eigenvalue weighted by atomic mass is 79.9. The third kappa shape index (κ3) is 1.20. The van der Waals surface area contributed by atoms with Crippen molar-refractivity contribution in [1.82, 2.24) is 0 Å². The first-order valence-electron chi connectivity index (χ1n) is 2.45. The standard InChI is InChI=1S/C5H4Br2O3/c1-9-3-2(6)5(8)10-4(3)7/h4H,1H3. The zero-order valence-corrected chi connectivity index (χ0v) is 8.23. The van der Waals surface area contributed by atoms with Gasteiger partial charge in [-0.15, -0.1) is 0 Å². The van der Waals surface area contributed by atoms with Crippen molar-refractivity contribution in [2.75, 3.05) is 7.11 Å². The average Bonchev–Trinajstić information content (AvgIpc) is 2.09. The molecule has 10 heavy (non-hydrogen) atoms. The van der Waals surface area contributed by atoms with E-state index in [1.165, 1.54) is 7.11 Å². The number of hydrogen-bond donors (Lipinski definition) is 0. The van der Waals surface area contributed by atoms with Gasteiger partial charge in [-0.25, -0.2) is 4.79 Å². The van der Waals surface area contributed by atoms with Crippen LogP contribution in [0.1, 0.15) is 0 Å². The third-order valence-corrected chi connectivity index (χ3v) is 2.35. The number of hydrogen-bond acceptors (Lipinski definition) is 3. The van der Waals surface area contributed by atoms with E-state index in [-0.39, 0.29) is 0 Å². The van der Waals surface area contributed by atoms with Crippen molar-refractivity contribution in [3.63, 3.8) is 0 Å². The molecule has 0 aliphatic carbocycles. The van der Waals surface area contributed by atoms with Crippen LogP contribution in [0, 0.1) is 0 Å². The Morgan fingerprint density at radius 2 is 2.30 bits per heavy atom. The van der Waals surface area contributed by atoms with Gasteiger partial charge in [0.15, 0.2) is 5.76 Å². The van der Waals surface area contributed by atoms with E-state index in [4.69, 9.17) is 9.47 Å². The molecule has 1 rings (SSSR count). The molecule has 0 saturated carbocycles. The Kier molecular flexibility index (Phi) is 2.36. The highest BCUT2D eigenvalue weighted by Crippen LogP contribution is 2.30. The maximum Gasteiger partial charge on any atom is 0.350 e. The molecule has 0 spiro atoms. The van der Waals surface area contributed by atoms with Crippen molar-refractivity contribution in [2.45, 2.75) is 5.01 Å². The summed E-state index contributed by atoms with van der Waals surface area (Å²) in [6, 6.07) is 0. The Hall–Kier alpha value is -0.0300. The van der Waals surface area contributed by atoms with Crippen LogP contribution in [0.2, 0.25) is 0 Å². The van der Waals surface area contributed by atoms with E-state index in [0.717, 1.165) is 0 Å². The molecule has 1 unspecified atom stereocenters. The van der Waals surface area contributed by atoms with Gasteiger partial charge in [0.25, 0.3) is 0 Å². The van der Waals surface area contributed by atoms with Crippen LogP contribution in [0.5, 0.6) is 0 Å². The maximum absolute atomic E-state index is 10.7. The largest absolute Gasteiger partial charge is 0.495 e. The van der Waals surface area contributed by atoms with E-state index < -0.39 is 11.0 Å². The van der Waals surface area contributed by atoms with Crippen molar-refractivity contribution >= 4 is 37.8 Å². The monoisotopic (exact) mass is 270 g/mol. The number of ether oxygens (including phenoxy) is 2. The van der Waals surface area contributed by atoms with Crippen molar-refractivity contribution in [1.29, 1.82) is 0 Å². The number of methoxy groups -OCH3 is 1. The number of carbonyl (C=O) groups is 1. The topological polar surface area (TPSA) is 35.5 Å². The van der Waals surface area contributed by atoms with E-state index in [0.29, 0.717) is 10.2 Å². The lowest BCUT2D eigenvalue weighted by atomic mass is 10.5. The van der Waals surface area contributed by atoms with Crippen molar-refractivity contribution < 1.29 is 14.3 Å². The maximum atomic E-state index is 10.7. The lowest BCUT2D eigenvalue weighted by molar-refractivity contribution is -0.136. The molecule has 0 aromatic rings. The Balaban J connectivity index is 2.90. The zero-order valence-electron chi connectivity index (χ0n) is 5.06. The molecule has 5 heteroatoms. The lowest BCUT2D eigenvalue weighted by Crippen LogP contribution is -2.02. The molecule has 1 heterocycles. The van der Waals surface area contributed by atoms with Gasteiger partial charge in [0.05, 0.1) is 7.11 Å². The highest BCUT2D eigenvalue weighted by molar-refractivity contribution is 9.12. The molecular formula is C5H4Br2O3. The first kappa shape index (κ1) is 8.07. The summed E-state index contributed by atoms with van der Waals surface area (Å²) in [5.74, 6) is 0.0729. The fourth-order valence-electron chi connectivity index (χ4n) is 0.582. The Morgan fingerprint density at radius 3 is 2.50 bits per heavy atom. The van der Waals surface area contributed by atoms with Crippen molar-refractivity contribution in [2.24, 2.45) is 0 Å². The predicted molar refractivity (Wildman–Crippen MR) is 41.8 cm³/mol. The molecule has 0 fully saturated rings. The first-order chi connectivity index (χ1) is 4.66. The van der Waals surface area contributed by atoms with Crippen LogP contribution in [0.25, 0.3) is 0 Å². The molecule has 0 bridgehead atoms. The summed E-state index contributed by atoms with van der Waals surface area (Å²) in [4.78, 5) is 10.7.